The van der Waals surface area contributed by atoms with Crippen LogP contribution < -0.4 is 9.47 Å². The molecule has 0 saturated carbocycles. The molecule has 1 amide bonds. The molecule has 1 aliphatic heterocycles. The second-order valence-corrected chi connectivity index (χ2v) is 7.37. The van der Waals surface area contributed by atoms with Gasteiger partial charge in [0, 0.05) is 12.1 Å². The fraction of sp³-hybridized carbons (Fsp3) is 0.304. The zero-order chi connectivity index (χ0) is 21.8. The first kappa shape index (κ1) is 21.7. The van der Waals surface area contributed by atoms with Crippen LogP contribution in [0, 0.1) is 0 Å². The number of nitrogens with zero attached hydrogens (tertiary/aromatic N) is 1. The minimum Gasteiger partial charge on any atom is -0.507 e. The highest BCUT2D eigenvalue weighted by molar-refractivity contribution is 6.47. The summed E-state index contributed by atoms with van der Waals surface area (Å²) in [6.07, 6.45) is 1.60. The Hall–Kier alpha value is -2.99. The van der Waals surface area contributed by atoms with Crippen LogP contribution in [0.25, 0.3) is 5.76 Å². The Bertz CT molecular complexity index is 984. The second kappa shape index (κ2) is 9.22. The molecule has 1 unspecified atom stereocenters. The first-order valence-corrected chi connectivity index (χ1v) is 10.1. The van der Waals surface area contributed by atoms with Gasteiger partial charge in [-0.1, -0.05) is 37.1 Å². The fourth-order valence-corrected chi connectivity index (χ4v) is 3.74. The summed E-state index contributed by atoms with van der Waals surface area (Å²) in [5, 5.41) is 11.4. The van der Waals surface area contributed by atoms with Crippen molar-refractivity contribution in [3.63, 3.8) is 0 Å². The van der Waals surface area contributed by atoms with Crippen LogP contribution in [0.2, 0.25) is 5.02 Å². The summed E-state index contributed by atoms with van der Waals surface area (Å²) in [5.74, 6) is -0.563. The van der Waals surface area contributed by atoms with Crippen LogP contribution in [0.1, 0.15) is 36.9 Å². The highest BCUT2D eigenvalue weighted by Gasteiger charge is 2.45. The number of carbonyl (C=O) groups excluding carboxylic acids is 2. The summed E-state index contributed by atoms with van der Waals surface area (Å²) in [7, 11) is 3.06. The standard InChI is InChI=1S/C23H24ClNO5/c1-4-5-12-25-20(14-6-8-15(29-2)9-7-14)19(22(27)23(25)28)21(26)17-13-16(30-3)10-11-18(17)24/h6-11,13,20,26H,4-5,12H2,1-3H3/b21-19+. The lowest BCUT2D eigenvalue weighted by Crippen LogP contribution is -2.30. The SMILES string of the molecule is CCCCN1C(=O)C(=O)/C(=C(/O)c2cc(OC)ccc2Cl)C1c1ccc(OC)cc1. The number of halogens is 1. The largest absolute Gasteiger partial charge is 0.507 e. The molecular weight excluding hydrogens is 406 g/mol. The van der Waals surface area contributed by atoms with Crippen LogP contribution in [0.3, 0.4) is 0 Å². The number of hydrogen-bond donors (Lipinski definition) is 1. The summed E-state index contributed by atoms with van der Waals surface area (Å²) >= 11 is 6.29. The molecule has 2 aromatic rings. The van der Waals surface area contributed by atoms with Crippen molar-refractivity contribution < 1.29 is 24.2 Å². The maximum atomic E-state index is 13.0. The predicted octanol–water partition coefficient (Wildman–Crippen LogP) is 4.58. The third-order valence-corrected chi connectivity index (χ3v) is 5.48. The highest BCUT2D eigenvalue weighted by atomic mass is 35.5. The fourth-order valence-electron chi connectivity index (χ4n) is 3.53. The van der Waals surface area contributed by atoms with E-state index in [-0.39, 0.29) is 21.9 Å². The van der Waals surface area contributed by atoms with E-state index in [9.17, 15) is 14.7 Å². The van der Waals surface area contributed by atoms with E-state index in [1.807, 2.05) is 6.92 Å². The van der Waals surface area contributed by atoms with E-state index in [2.05, 4.69) is 0 Å². The van der Waals surface area contributed by atoms with Gasteiger partial charge in [-0.2, -0.15) is 0 Å². The Kier molecular flexibility index (Phi) is 6.67. The van der Waals surface area contributed by atoms with Gasteiger partial charge in [0.25, 0.3) is 11.7 Å². The van der Waals surface area contributed by atoms with E-state index in [0.29, 0.717) is 23.6 Å². The number of carbonyl (C=O) groups is 2. The molecule has 1 heterocycles. The second-order valence-electron chi connectivity index (χ2n) is 6.96. The quantitative estimate of drug-likeness (QED) is 0.396. The van der Waals surface area contributed by atoms with Crippen molar-refractivity contribution in [1.29, 1.82) is 0 Å². The van der Waals surface area contributed by atoms with Crippen molar-refractivity contribution in [2.75, 3.05) is 20.8 Å². The summed E-state index contributed by atoms with van der Waals surface area (Å²) in [6, 6.07) is 11.1. The first-order valence-electron chi connectivity index (χ1n) is 9.69. The molecule has 1 aliphatic rings. The van der Waals surface area contributed by atoms with Crippen LogP contribution in [0.5, 0.6) is 11.5 Å². The van der Waals surface area contributed by atoms with Gasteiger partial charge in [-0.15, -0.1) is 0 Å². The lowest BCUT2D eigenvalue weighted by Gasteiger charge is -2.25. The van der Waals surface area contributed by atoms with E-state index >= 15 is 0 Å². The normalized spacial score (nSPS) is 18.0. The van der Waals surface area contributed by atoms with Crippen LogP contribution >= 0.6 is 11.6 Å². The summed E-state index contributed by atoms with van der Waals surface area (Å²) in [5.41, 5.74) is 0.950. The third-order valence-electron chi connectivity index (χ3n) is 5.15. The summed E-state index contributed by atoms with van der Waals surface area (Å²) in [6.45, 7) is 2.41. The molecule has 6 nitrogen and oxygen atoms in total. The average Bonchev–Trinajstić information content (AvgIpc) is 3.02. The molecule has 2 aromatic carbocycles. The number of ether oxygens (including phenoxy) is 2. The van der Waals surface area contributed by atoms with Gasteiger partial charge in [0.2, 0.25) is 0 Å². The van der Waals surface area contributed by atoms with Crippen molar-refractivity contribution in [3.05, 3.63) is 64.2 Å². The number of likely N-dealkylation sites (tertiary alicyclic amines) is 1. The van der Waals surface area contributed by atoms with Crippen molar-refractivity contribution in [2.45, 2.75) is 25.8 Å². The number of rotatable bonds is 7. The van der Waals surface area contributed by atoms with E-state index in [1.54, 1.807) is 49.6 Å². The van der Waals surface area contributed by atoms with Crippen LogP contribution in [0.4, 0.5) is 0 Å². The minimum atomic E-state index is -0.733. The molecule has 158 valence electrons. The number of aliphatic hydroxyl groups is 1. The Morgan fingerprint density at radius 3 is 2.30 bits per heavy atom. The van der Waals surface area contributed by atoms with Crippen LogP contribution in [0.15, 0.2) is 48.0 Å². The van der Waals surface area contributed by atoms with Crippen molar-refractivity contribution >= 4 is 29.1 Å². The number of benzene rings is 2. The molecule has 0 aliphatic carbocycles. The molecule has 30 heavy (non-hydrogen) atoms. The molecule has 1 fully saturated rings. The molecule has 0 spiro atoms. The topological polar surface area (TPSA) is 76.1 Å². The minimum absolute atomic E-state index is 0.0106. The average molecular weight is 430 g/mol. The van der Waals surface area contributed by atoms with E-state index in [1.165, 1.54) is 12.0 Å². The van der Waals surface area contributed by atoms with E-state index in [4.69, 9.17) is 21.1 Å². The summed E-state index contributed by atoms with van der Waals surface area (Å²) < 4.78 is 10.4. The maximum absolute atomic E-state index is 13.0. The number of unbranched alkanes of at least 4 members (excludes halogenated alkanes) is 1. The van der Waals surface area contributed by atoms with Gasteiger partial charge in [0.05, 0.1) is 30.9 Å². The van der Waals surface area contributed by atoms with Gasteiger partial charge in [-0.05, 0) is 42.3 Å². The molecule has 0 bridgehead atoms. The molecule has 3 rings (SSSR count). The first-order chi connectivity index (χ1) is 14.4. The Morgan fingerprint density at radius 2 is 1.70 bits per heavy atom. The lowest BCUT2D eigenvalue weighted by atomic mass is 9.95. The van der Waals surface area contributed by atoms with Crippen LogP contribution in [-0.2, 0) is 9.59 Å². The van der Waals surface area contributed by atoms with Gasteiger partial charge >= 0.3 is 0 Å². The van der Waals surface area contributed by atoms with Gasteiger partial charge < -0.3 is 19.5 Å². The van der Waals surface area contributed by atoms with Crippen molar-refractivity contribution in [1.82, 2.24) is 4.90 Å². The molecule has 7 heteroatoms. The zero-order valence-electron chi connectivity index (χ0n) is 17.1. The van der Waals surface area contributed by atoms with Gasteiger partial charge in [-0.25, -0.2) is 0 Å². The molecule has 1 saturated heterocycles. The molecule has 0 aromatic heterocycles. The third kappa shape index (κ3) is 4.00. The molecule has 0 radical (unpaired) electrons. The number of aliphatic hydroxyl groups excluding tert-OH is 1. The molecule has 1 atom stereocenters. The van der Waals surface area contributed by atoms with Gasteiger partial charge in [0.1, 0.15) is 17.3 Å². The van der Waals surface area contributed by atoms with Gasteiger partial charge in [-0.3, -0.25) is 9.59 Å². The van der Waals surface area contributed by atoms with Crippen molar-refractivity contribution in [3.8, 4) is 11.5 Å². The number of amides is 1. The number of Topliss-reactive ketones (excluding diaryl/α,β-unsaturated/α-hetero) is 1. The Morgan fingerprint density at radius 1 is 1.07 bits per heavy atom. The highest BCUT2D eigenvalue weighted by Crippen LogP contribution is 2.41. The Balaban J connectivity index is 2.19. The van der Waals surface area contributed by atoms with Gasteiger partial charge in [0.15, 0.2) is 0 Å². The zero-order valence-corrected chi connectivity index (χ0v) is 17.9. The van der Waals surface area contributed by atoms with Crippen molar-refractivity contribution in [2.24, 2.45) is 0 Å². The molecular formula is C23H24ClNO5. The number of methoxy groups -OCH3 is 2. The Labute approximate surface area is 180 Å². The van der Waals surface area contributed by atoms with E-state index < -0.39 is 17.7 Å². The maximum Gasteiger partial charge on any atom is 0.295 e. The smallest absolute Gasteiger partial charge is 0.295 e. The van der Waals surface area contributed by atoms with Crippen LogP contribution in [-0.4, -0.2) is 42.5 Å². The lowest BCUT2D eigenvalue weighted by molar-refractivity contribution is -0.139. The number of ketones is 1. The van der Waals surface area contributed by atoms with E-state index in [0.717, 1.165) is 12.8 Å². The summed E-state index contributed by atoms with van der Waals surface area (Å²) in [4.78, 5) is 27.3. The predicted molar refractivity (Wildman–Crippen MR) is 115 cm³/mol. The number of hydrogen-bond acceptors (Lipinski definition) is 5. The molecule has 1 N–H and O–H groups in total. The monoisotopic (exact) mass is 429 g/mol.